The maximum absolute atomic E-state index is 5.55. The highest BCUT2D eigenvalue weighted by molar-refractivity contribution is 9.10. The number of hydrogen-bond donors (Lipinski definition) is 1. The van der Waals surface area contributed by atoms with E-state index in [1.54, 1.807) is 0 Å². The Balaban J connectivity index is 1.89. The molecule has 5 heteroatoms. The van der Waals surface area contributed by atoms with E-state index in [4.69, 9.17) is 10.3 Å². The first-order chi connectivity index (χ1) is 10.3. The molecule has 21 heavy (non-hydrogen) atoms. The fourth-order valence-electron chi connectivity index (χ4n) is 2.07. The molecule has 2 N–H and O–H groups in total. The van der Waals surface area contributed by atoms with Crippen molar-refractivity contribution in [2.45, 2.75) is 6.42 Å². The van der Waals surface area contributed by atoms with Crippen molar-refractivity contribution in [2.24, 2.45) is 5.73 Å². The van der Waals surface area contributed by atoms with Crippen LogP contribution in [0.3, 0.4) is 0 Å². The Morgan fingerprint density at radius 3 is 2.52 bits per heavy atom. The van der Waals surface area contributed by atoms with Gasteiger partial charge < -0.3 is 10.3 Å². The van der Waals surface area contributed by atoms with Crippen molar-refractivity contribution < 1.29 is 4.52 Å². The number of nitrogens with zero attached hydrogens (tertiary/aromatic N) is 2. The van der Waals surface area contributed by atoms with Gasteiger partial charge in [0, 0.05) is 15.6 Å². The van der Waals surface area contributed by atoms with Gasteiger partial charge in [0.25, 0.3) is 5.89 Å². The molecule has 0 bridgehead atoms. The molecule has 1 heterocycles. The Hall–Kier alpha value is -1.98. The molecule has 4 nitrogen and oxygen atoms in total. The predicted octanol–water partition coefficient (Wildman–Crippen LogP) is 3.67. The van der Waals surface area contributed by atoms with E-state index in [2.05, 4.69) is 26.1 Å². The van der Waals surface area contributed by atoms with Crippen LogP contribution in [0.5, 0.6) is 0 Å². The summed E-state index contributed by atoms with van der Waals surface area (Å²) < 4.78 is 6.29. The summed E-state index contributed by atoms with van der Waals surface area (Å²) in [7, 11) is 0. The van der Waals surface area contributed by atoms with Crippen molar-refractivity contribution in [2.75, 3.05) is 6.54 Å². The van der Waals surface area contributed by atoms with Crippen LogP contribution < -0.4 is 5.73 Å². The topological polar surface area (TPSA) is 64.9 Å². The van der Waals surface area contributed by atoms with Crippen LogP contribution in [0.15, 0.2) is 57.5 Å². The van der Waals surface area contributed by atoms with E-state index in [-0.39, 0.29) is 0 Å². The summed E-state index contributed by atoms with van der Waals surface area (Å²) in [5.41, 5.74) is 8.56. The molecule has 0 aliphatic carbocycles. The average molecular weight is 344 g/mol. The fraction of sp³-hybridized carbons (Fsp3) is 0.125. The van der Waals surface area contributed by atoms with Gasteiger partial charge in [0.1, 0.15) is 0 Å². The molecule has 1 aromatic heterocycles. The lowest BCUT2D eigenvalue weighted by Gasteiger charge is -1.99. The van der Waals surface area contributed by atoms with Crippen LogP contribution in [0.25, 0.3) is 22.8 Å². The minimum Gasteiger partial charge on any atom is -0.334 e. The van der Waals surface area contributed by atoms with Crippen molar-refractivity contribution in [1.29, 1.82) is 0 Å². The van der Waals surface area contributed by atoms with Gasteiger partial charge in [-0.25, -0.2) is 0 Å². The van der Waals surface area contributed by atoms with Crippen LogP contribution in [0.4, 0.5) is 0 Å². The predicted molar refractivity (Wildman–Crippen MR) is 85.6 cm³/mol. The first kappa shape index (κ1) is 14.0. The zero-order chi connectivity index (χ0) is 14.7. The highest BCUT2D eigenvalue weighted by Crippen LogP contribution is 2.27. The monoisotopic (exact) mass is 343 g/mol. The lowest BCUT2D eigenvalue weighted by molar-refractivity contribution is 0.432. The van der Waals surface area contributed by atoms with Gasteiger partial charge in [0.2, 0.25) is 5.82 Å². The average Bonchev–Trinajstić information content (AvgIpc) is 2.98. The van der Waals surface area contributed by atoms with Crippen molar-refractivity contribution >= 4 is 15.9 Å². The summed E-state index contributed by atoms with van der Waals surface area (Å²) in [6.07, 6.45) is 0.867. The van der Waals surface area contributed by atoms with Gasteiger partial charge in [-0.05, 0) is 42.8 Å². The zero-order valence-electron chi connectivity index (χ0n) is 11.3. The lowest BCUT2D eigenvalue weighted by Crippen LogP contribution is -2.02. The smallest absolute Gasteiger partial charge is 0.258 e. The second kappa shape index (κ2) is 6.20. The van der Waals surface area contributed by atoms with E-state index in [9.17, 15) is 0 Å². The van der Waals surface area contributed by atoms with Gasteiger partial charge in [-0.2, -0.15) is 4.98 Å². The Morgan fingerprint density at radius 2 is 1.81 bits per heavy atom. The van der Waals surface area contributed by atoms with Gasteiger partial charge in [-0.3, -0.25) is 0 Å². The quantitative estimate of drug-likeness (QED) is 0.784. The maximum atomic E-state index is 5.55. The van der Waals surface area contributed by atoms with Crippen LogP contribution in [0.1, 0.15) is 5.56 Å². The molecule has 3 rings (SSSR count). The molecule has 0 radical (unpaired) electrons. The van der Waals surface area contributed by atoms with Crippen LogP contribution >= 0.6 is 15.9 Å². The Kier molecular flexibility index (Phi) is 4.13. The summed E-state index contributed by atoms with van der Waals surface area (Å²) in [4.78, 5) is 4.45. The van der Waals surface area contributed by atoms with Crippen molar-refractivity contribution in [3.8, 4) is 22.8 Å². The highest BCUT2D eigenvalue weighted by atomic mass is 79.9. The molecule has 0 saturated carbocycles. The second-order valence-corrected chi connectivity index (χ2v) is 5.49. The fourth-order valence-corrected chi connectivity index (χ4v) is 2.54. The summed E-state index contributed by atoms with van der Waals surface area (Å²) in [5, 5.41) is 4.05. The molecular formula is C16H14BrN3O. The normalized spacial score (nSPS) is 10.8. The molecule has 0 saturated heterocycles. The summed E-state index contributed by atoms with van der Waals surface area (Å²) in [6.45, 7) is 0.645. The minimum absolute atomic E-state index is 0.514. The molecule has 0 fully saturated rings. The third kappa shape index (κ3) is 3.04. The van der Waals surface area contributed by atoms with Crippen LogP contribution in [0, 0.1) is 0 Å². The highest BCUT2D eigenvalue weighted by Gasteiger charge is 2.12. The SMILES string of the molecule is NCCc1ccc(-c2nc(-c3ccccc3Br)no2)cc1. The van der Waals surface area contributed by atoms with E-state index in [0.29, 0.717) is 18.3 Å². The standard InChI is InChI=1S/C16H14BrN3O/c17-14-4-2-1-3-13(14)15-19-16(21-20-15)12-7-5-11(6-8-12)9-10-18/h1-8H,9-10,18H2. The van der Waals surface area contributed by atoms with E-state index in [0.717, 1.165) is 22.0 Å². The third-order valence-corrected chi connectivity index (χ3v) is 3.87. The number of halogens is 1. The molecule has 2 aromatic carbocycles. The molecule has 0 unspecified atom stereocenters. The van der Waals surface area contributed by atoms with E-state index < -0.39 is 0 Å². The van der Waals surface area contributed by atoms with Gasteiger partial charge in [0.05, 0.1) is 0 Å². The molecule has 0 aliphatic rings. The number of nitrogens with two attached hydrogens (primary N) is 1. The first-order valence-corrected chi connectivity index (χ1v) is 7.45. The second-order valence-electron chi connectivity index (χ2n) is 4.64. The number of benzene rings is 2. The molecule has 0 aliphatic heterocycles. The summed E-state index contributed by atoms with van der Waals surface area (Å²) >= 11 is 3.49. The Labute approximate surface area is 131 Å². The maximum Gasteiger partial charge on any atom is 0.258 e. The van der Waals surface area contributed by atoms with Crippen LogP contribution in [0.2, 0.25) is 0 Å². The first-order valence-electron chi connectivity index (χ1n) is 6.66. The van der Waals surface area contributed by atoms with Crippen LogP contribution in [-0.2, 0) is 6.42 Å². The van der Waals surface area contributed by atoms with E-state index in [1.807, 2.05) is 48.5 Å². The third-order valence-electron chi connectivity index (χ3n) is 3.17. The van der Waals surface area contributed by atoms with Gasteiger partial charge >= 0.3 is 0 Å². The van der Waals surface area contributed by atoms with E-state index >= 15 is 0 Å². The van der Waals surface area contributed by atoms with Crippen LogP contribution in [-0.4, -0.2) is 16.7 Å². The Morgan fingerprint density at radius 1 is 1.05 bits per heavy atom. The van der Waals surface area contributed by atoms with Crippen molar-refractivity contribution in [3.63, 3.8) is 0 Å². The molecule has 0 amide bonds. The van der Waals surface area contributed by atoms with E-state index in [1.165, 1.54) is 5.56 Å². The van der Waals surface area contributed by atoms with Gasteiger partial charge in [-0.15, -0.1) is 0 Å². The number of aromatic nitrogens is 2. The molecular weight excluding hydrogens is 330 g/mol. The van der Waals surface area contributed by atoms with Crippen molar-refractivity contribution in [3.05, 3.63) is 58.6 Å². The number of hydrogen-bond acceptors (Lipinski definition) is 4. The lowest BCUT2D eigenvalue weighted by atomic mass is 10.1. The molecule has 3 aromatic rings. The number of rotatable bonds is 4. The Bertz CT molecular complexity index is 737. The molecule has 0 atom stereocenters. The van der Waals surface area contributed by atoms with Gasteiger partial charge in [-0.1, -0.05) is 45.4 Å². The largest absolute Gasteiger partial charge is 0.334 e. The summed E-state index contributed by atoms with van der Waals surface area (Å²) in [5.74, 6) is 1.09. The molecule has 106 valence electrons. The molecule has 0 spiro atoms. The zero-order valence-corrected chi connectivity index (χ0v) is 12.9. The van der Waals surface area contributed by atoms with Crippen molar-refractivity contribution in [1.82, 2.24) is 10.1 Å². The minimum atomic E-state index is 0.514. The van der Waals surface area contributed by atoms with Gasteiger partial charge in [0.15, 0.2) is 0 Å². The summed E-state index contributed by atoms with van der Waals surface area (Å²) in [6, 6.07) is 15.8.